The SMILES string of the molecule is Cn1ncc([N+](=O)[O-])c1C(=O)NC1CCCC1. The molecule has 1 N–H and O–H groups in total. The molecule has 0 aromatic carbocycles. The standard InChI is InChI=1S/C10H14N4O3/c1-13-9(8(6-11-13)14(16)17)10(15)12-7-4-2-3-5-7/h6-7H,2-5H2,1H3,(H,12,15). The summed E-state index contributed by atoms with van der Waals surface area (Å²) in [6.45, 7) is 0. The first kappa shape index (κ1) is 11.6. The summed E-state index contributed by atoms with van der Waals surface area (Å²) in [5.41, 5.74) is -0.232. The maximum atomic E-state index is 11.9. The lowest BCUT2D eigenvalue weighted by Gasteiger charge is -2.11. The van der Waals surface area contributed by atoms with E-state index >= 15 is 0 Å². The number of hydrogen-bond acceptors (Lipinski definition) is 4. The van der Waals surface area contributed by atoms with Crippen molar-refractivity contribution in [1.82, 2.24) is 15.1 Å². The Hall–Kier alpha value is -1.92. The average Bonchev–Trinajstić information content (AvgIpc) is 2.86. The van der Waals surface area contributed by atoms with Crippen LogP contribution in [-0.2, 0) is 7.05 Å². The third-order valence-corrected chi connectivity index (χ3v) is 3.02. The van der Waals surface area contributed by atoms with Gasteiger partial charge >= 0.3 is 5.69 Å². The van der Waals surface area contributed by atoms with Crippen LogP contribution in [0.5, 0.6) is 0 Å². The number of nitrogens with one attached hydrogen (secondary N) is 1. The predicted molar refractivity (Wildman–Crippen MR) is 59.6 cm³/mol. The van der Waals surface area contributed by atoms with Gasteiger partial charge < -0.3 is 5.32 Å². The van der Waals surface area contributed by atoms with E-state index in [9.17, 15) is 14.9 Å². The molecule has 1 aromatic rings. The molecule has 2 rings (SSSR count). The molecule has 0 atom stereocenters. The zero-order chi connectivity index (χ0) is 12.4. The molecule has 0 aliphatic heterocycles. The van der Waals surface area contributed by atoms with Crippen LogP contribution in [0.2, 0.25) is 0 Å². The number of aromatic nitrogens is 2. The number of rotatable bonds is 3. The molecule has 1 heterocycles. The van der Waals surface area contributed by atoms with E-state index in [1.54, 1.807) is 0 Å². The molecule has 0 radical (unpaired) electrons. The van der Waals surface area contributed by atoms with Crippen molar-refractivity contribution < 1.29 is 9.72 Å². The van der Waals surface area contributed by atoms with Crippen LogP contribution in [0.1, 0.15) is 36.2 Å². The second kappa shape index (κ2) is 4.52. The van der Waals surface area contributed by atoms with Gasteiger partial charge in [0.1, 0.15) is 6.20 Å². The highest BCUT2D eigenvalue weighted by molar-refractivity contribution is 5.96. The van der Waals surface area contributed by atoms with E-state index in [-0.39, 0.29) is 17.4 Å². The first-order valence-electron chi connectivity index (χ1n) is 5.57. The lowest BCUT2D eigenvalue weighted by Crippen LogP contribution is -2.34. The Morgan fingerprint density at radius 3 is 2.82 bits per heavy atom. The molecule has 17 heavy (non-hydrogen) atoms. The molecule has 7 heteroatoms. The maximum Gasteiger partial charge on any atom is 0.320 e. The molecular formula is C10H14N4O3. The summed E-state index contributed by atoms with van der Waals surface area (Å²) in [7, 11) is 1.52. The molecule has 0 bridgehead atoms. The molecule has 0 saturated heterocycles. The predicted octanol–water partition coefficient (Wildman–Crippen LogP) is 1.00. The van der Waals surface area contributed by atoms with E-state index in [0.717, 1.165) is 31.9 Å². The Labute approximate surface area is 98.0 Å². The van der Waals surface area contributed by atoms with Gasteiger partial charge in [0.2, 0.25) is 5.69 Å². The summed E-state index contributed by atoms with van der Waals surface area (Å²) >= 11 is 0. The van der Waals surface area contributed by atoms with Crippen molar-refractivity contribution in [3.8, 4) is 0 Å². The van der Waals surface area contributed by atoms with Crippen LogP contribution in [-0.4, -0.2) is 26.7 Å². The molecule has 1 fully saturated rings. The summed E-state index contributed by atoms with van der Waals surface area (Å²) in [5.74, 6) is -0.413. The minimum atomic E-state index is -0.587. The van der Waals surface area contributed by atoms with Crippen molar-refractivity contribution in [3.05, 3.63) is 22.0 Å². The summed E-state index contributed by atoms with van der Waals surface area (Å²) in [5, 5.41) is 17.3. The fourth-order valence-corrected chi connectivity index (χ4v) is 2.15. The molecule has 7 nitrogen and oxygen atoms in total. The lowest BCUT2D eigenvalue weighted by atomic mass is 10.2. The largest absolute Gasteiger partial charge is 0.348 e. The average molecular weight is 238 g/mol. The van der Waals surface area contributed by atoms with Gasteiger partial charge in [-0.15, -0.1) is 0 Å². The molecule has 1 amide bonds. The Balaban J connectivity index is 2.17. The van der Waals surface area contributed by atoms with Gasteiger partial charge in [-0.1, -0.05) is 12.8 Å². The van der Waals surface area contributed by atoms with Gasteiger partial charge in [0.25, 0.3) is 5.91 Å². The van der Waals surface area contributed by atoms with E-state index in [0.29, 0.717) is 0 Å². The zero-order valence-electron chi connectivity index (χ0n) is 9.55. The number of carbonyl (C=O) groups excluding carboxylic acids is 1. The fourth-order valence-electron chi connectivity index (χ4n) is 2.15. The summed E-state index contributed by atoms with van der Waals surface area (Å²) in [6, 6.07) is 0.136. The lowest BCUT2D eigenvalue weighted by molar-refractivity contribution is -0.385. The van der Waals surface area contributed by atoms with Crippen molar-refractivity contribution in [2.45, 2.75) is 31.7 Å². The van der Waals surface area contributed by atoms with Gasteiger partial charge in [-0.2, -0.15) is 5.10 Å². The maximum absolute atomic E-state index is 11.9. The van der Waals surface area contributed by atoms with Crippen molar-refractivity contribution in [2.24, 2.45) is 7.05 Å². The first-order chi connectivity index (χ1) is 8.09. The Morgan fingerprint density at radius 2 is 2.24 bits per heavy atom. The van der Waals surface area contributed by atoms with E-state index in [1.807, 2.05) is 0 Å². The third-order valence-electron chi connectivity index (χ3n) is 3.02. The molecule has 0 spiro atoms. The summed E-state index contributed by atoms with van der Waals surface area (Å²) in [4.78, 5) is 22.1. The third kappa shape index (κ3) is 2.27. The molecule has 1 aliphatic rings. The van der Waals surface area contributed by atoms with E-state index in [2.05, 4.69) is 10.4 Å². The topological polar surface area (TPSA) is 90.1 Å². The second-order valence-corrected chi connectivity index (χ2v) is 4.21. The molecule has 1 saturated carbocycles. The highest BCUT2D eigenvalue weighted by Gasteiger charge is 2.27. The molecule has 1 aliphatic carbocycles. The van der Waals surface area contributed by atoms with Gasteiger partial charge in [0, 0.05) is 13.1 Å². The number of nitrogens with zero attached hydrogens (tertiary/aromatic N) is 3. The van der Waals surface area contributed by atoms with Gasteiger partial charge in [-0.05, 0) is 12.8 Å². The highest BCUT2D eigenvalue weighted by atomic mass is 16.6. The monoisotopic (exact) mass is 238 g/mol. The number of nitro groups is 1. The number of carbonyl (C=O) groups is 1. The normalized spacial score (nSPS) is 16.1. The Kier molecular flexibility index (Phi) is 3.08. The zero-order valence-corrected chi connectivity index (χ0v) is 9.55. The summed E-state index contributed by atoms with van der Waals surface area (Å²) < 4.78 is 1.24. The molecular weight excluding hydrogens is 224 g/mol. The van der Waals surface area contributed by atoms with Crippen LogP contribution in [0.15, 0.2) is 6.20 Å². The highest BCUT2D eigenvalue weighted by Crippen LogP contribution is 2.20. The van der Waals surface area contributed by atoms with E-state index in [4.69, 9.17) is 0 Å². The number of aryl methyl sites for hydroxylation is 1. The van der Waals surface area contributed by atoms with Crippen molar-refractivity contribution >= 4 is 11.6 Å². The van der Waals surface area contributed by atoms with Crippen molar-refractivity contribution in [3.63, 3.8) is 0 Å². The quantitative estimate of drug-likeness (QED) is 0.628. The minimum Gasteiger partial charge on any atom is -0.348 e. The smallest absolute Gasteiger partial charge is 0.320 e. The van der Waals surface area contributed by atoms with Crippen molar-refractivity contribution in [1.29, 1.82) is 0 Å². The summed E-state index contributed by atoms with van der Waals surface area (Å²) in [6.07, 6.45) is 5.18. The van der Waals surface area contributed by atoms with Crippen LogP contribution >= 0.6 is 0 Å². The Morgan fingerprint density at radius 1 is 1.59 bits per heavy atom. The van der Waals surface area contributed by atoms with Crippen LogP contribution in [0, 0.1) is 10.1 Å². The molecule has 92 valence electrons. The fraction of sp³-hybridized carbons (Fsp3) is 0.600. The second-order valence-electron chi connectivity index (χ2n) is 4.21. The molecule has 0 unspecified atom stereocenters. The van der Waals surface area contributed by atoms with Gasteiger partial charge in [-0.3, -0.25) is 19.6 Å². The van der Waals surface area contributed by atoms with E-state index in [1.165, 1.54) is 11.7 Å². The van der Waals surface area contributed by atoms with Crippen LogP contribution in [0.4, 0.5) is 5.69 Å². The van der Waals surface area contributed by atoms with Gasteiger partial charge in [0.15, 0.2) is 0 Å². The van der Waals surface area contributed by atoms with Crippen molar-refractivity contribution in [2.75, 3.05) is 0 Å². The number of hydrogen-bond donors (Lipinski definition) is 1. The van der Waals surface area contributed by atoms with Crippen LogP contribution in [0.25, 0.3) is 0 Å². The molecule has 1 aromatic heterocycles. The minimum absolute atomic E-state index is 0.0156. The number of amides is 1. The Bertz CT molecular complexity index is 448. The van der Waals surface area contributed by atoms with Crippen LogP contribution in [0.3, 0.4) is 0 Å². The van der Waals surface area contributed by atoms with Crippen LogP contribution < -0.4 is 5.32 Å². The first-order valence-corrected chi connectivity index (χ1v) is 5.57. The van der Waals surface area contributed by atoms with Gasteiger partial charge in [-0.25, -0.2) is 0 Å². The van der Waals surface area contributed by atoms with Gasteiger partial charge in [0.05, 0.1) is 4.92 Å². The van der Waals surface area contributed by atoms with E-state index < -0.39 is 10.8 Å².